The second kappa shape index (κ2) is 31.0. The summed E-state index contributed by atoms with van der Waals surface area (Å²) in [6.45, 7) is 1.95. The summed E-state index contributed by atoms with van der Waals surface area (Å²) < 4.78 is 26.1. The van der Waals surface area contributed by atoms with Crippen LogP contribution in [0.1, 0.15) is 90.9 Å². The number of aliphatic carboxylic acids is 1. The average Bonchev–Trinajstić information content (AvgIpc) is 3.05. The molecule has 0 radical (unpaired) electrons. The van der Waals surface area contributed by atoms with Gasteiger partial charge in [-0.1, -0.05) is 98.9 Å². The molecular weight excluding hydrogens is 637 g/mol. The van der Waals surface area contributed by atoms with Crippen molar-refractivity contribution in [3.8, 4) is 0 Å². The van der Waals surface area contributed by atoms with Crippen LogP contribution < -0.4 is 5.32 Å². The number of carboxylic acids is 1. The van der Waals surface area contributed by atoms with Crippen LogP contribution in [0.2, 0.25) is 0 Å². The van der Waals surface area contributed by atoms with Gasteiger partial charge in [-0.05, 0) is 64.2 Å². The summed E-state index contributed by atoms with van der Waals surface area (Å²) in [6, 6.07) is -1.58. The Labute approximate surface area is 286 Å². The predicted molar refractivity (Wildman–Crippen MR) is 189 cm³/mol. The number of aliphatic hydroxyl groups excluding tert-OH is 1. The van der Waals surface area contributed by atoms with Crippen LogP contribution in [-0.2, 0) is 32.7 Å². The number of unbranched alkanes of at least 4 members (excludes halogenated alkanes) is 1. The number of rotatable bonds is 29. The first-order valence-electron chi connectivity index (χ1n) is 16.6. The Balaban J connectivity index is 4.07. The van der Waals surface area contributed by atoms with Crippen LogP contribution in [-0.4, -0.2) is 64.9 Å². The van der Waals surface area contributed by atoms with E-state index in [1.807, 2.05) is 12.2 Å². The monoisotopic (exact) mass is 693 g/mol. The Morgan fingerprint density at radius 1 is 0.688 bits per heavy atom. The third-order valence-electron chi connectivity index (χ3n) is 6.17. The van der Waals surface area contributed by atoms with Gasteiger partial charge in [-0.2, -0.15) is 0 Å². The fourth-order valence-electron chi connectivity index (χ4n) is 3.63. The number of carboxylic acid groups (broad SMARTS) is 1. The molecule has 11 nitrogen and oxygen atoms in total. The molecule has 0 fully saturated rings. The summed E-state index contributed by atoms with van der Waals surface area (Å²) in [5.41, 5.74) is 0. The van der Waals surface area contributed by atoms with E-state index in [-0.39, 0.29) is 12.8 Å². The lowest BCUT2D eigenvalue weighted by Crippen LogP contribution is -2.43. The third-order valence-corrected chi connectivity index (χ3v) is 7.12. The molecule has 0 saturated heterocycles. The first-order valence-corrected chi connectivity index (χ1v) is 18.1. The molecule has 0 aromatic rings. The lowest BCUT2D eigenvalue weighted by molar-refractivity contribution is -0.147. The Bertz CT molecular complexity index is 1140. The first kappa shape index (κ1) is 44.7. The lowest BCUT2D eigenvalue weighted by Gasteiger charge is -2.18. The van der Waals surface area contributed by atoms with Crippen LogP contribution in [0.3, 0.4) is 0 Å². The van der Waals surface area contributed by atoms with E-state index >= 15 is 0 Å². The van der Waals surface area contributed by atoms with Gasteiger partial charge in [-0.15, -0.1) is 0 Å². The summed E-state index contributed by atoms with van der Waals surface area (Å²) in [7, 11) is -4.75. The van der Waals surface area contributed by atoms with Crippen molar-refractivity contribution in [3.63, 3.8) is 0 Å². The minimum atomic E-state index is -4.75. The van der Waals surface area contributed by atoms with Crippen molar-refractivity contribution in [2.75, 3.05) is 19.8 Å². The standard InChI is InChI=1S/C36H56NO10P/c1-3-5-6-7-8-9-10-11-12-13-14-15-16-17-18-19-20-21-22-23-24-25-26-28-34(39)37-33(36(41)42)31-47-48(43,44)46-30-32(38)29-45-35(40)27-4-2/h5-6,8-9,11-12,14-15,17-18,20-21,23-24,32-33,38H,3-4,7,10,13,16,19,22,25-31H2,1-2H3,(H,37,39)(H,41,42)(H,43,44)/b6-5-,9-8-,12-11-,15-14-,18-17-,21-20-,24-23-. The highest BCUT2D eigenvalue weighted by atomic mass is 31.2. The molecule has 0 aliphatic rings. The Kier molecular flexibility index (Phi) is 28.8. The van der Waals surface area contributed by atoms with Gasteiger partial charge in [-0.25, -0.2) is 9.36 Å². The SMILES string of the molecule is CC/C=C\C/C=C\C/C=C\C/C=C\C/C=C\C/C=C\C/C=C\CCCC(=O)NC(COP(=O)(O)OCC(O)COC(=O)CCC)C(=O)O. The topological polar surface area (TPSA) is 169 Å². The number of ether oxygens (including phenoxy) is 1. The number of phosphoric acid groups is 1. The number of amides is 1. The summed E-state index contributed by atoms with van der Waals surface area (Å²) >= 11 is 0. The number of nitrogens with one attached hydrogen (secondary N) is 1. The molecule has 3 atom stereocenters. The molecule has 0 aromatic carbocycles. The van der Waals surface area contributed by atoms with Gasteiger partial charge in [0.1, 0.15) is 12.7 Å². The molecule has 3 unspecified atom stereocenters. The molecule has 0 heterocycles. The highest BCUT2D eigenvalue weighted by Gasteiger charge is 2.28. The van der Waals surface area contributed by atoms with Crippen molar-refractivity contribution in [3.05, 3.63) is 85.1 Å². The fraction of sp³-hybridized carbons (Fsp3) is 0.528. The predicted octanol–water partition coefficient (Wildman–Crippen LogP) is 7.21. The van der Waals surface area contributed by atoms with Gasteiger partial charge >= 0.3 is 19.8 Å². The molecule has 0 saturated carbocycles. The Morgan fingerprint density at radius 3 is 1.60 bits per heavy atom. The largest absolute Gasteiger partial charge is 0.480 e. The zero-order chi connectivity index (χ0) is 35.7. The summed E-state index contributed by atoms with van der Waals surface area (Å²) in [4.78, 5) is 44.7. The van der Waals surface area contributed by atoms with Crippen LogP contribution >= 0.6 is 7.82 Å². The maximum absolute atomic E-state index is 12.2. The summed E-state index contributed by atoms with van der Waals surface area (Å²) in [5.74, 6) is -2.53. The van der Waals surface area contributed by atoms with Crippen molar-refractivity contribution < 1.29 is 47.8 Å². The minimum Gasteiger partial charge on any atom is -0.480 e. The van der Waals surface area contributed by atoms with Crippen LogP contribution in [0.15, 0.2) is 85.1 Å². The van der Waals surface area contributed by atoms with Gasteiger partial charge < -0.3 is 25.2 Å². The smallest absolute Gasteiger partial charge is 0.472 e. The van der Waals surface area contributed by atoms with E-state index < -0.39 is 57.6 Å². The van der Waals surface area contributed by atoms with Crippen molar-refractivity contribution in [2.24, 2.45) is 0 Å². The number of hydrogen-bond acceptors (Lipinski definition) is 8. The van der Waals surface area contributed by atoms with Crippen molar-refractivity contribution >= 4 is 25.7 Å². The average molecular weight is 694 g/mol. The van der Waals surface area contributed by atoms with Crippen LogP contribution in [0, 0.1) is 0 Å². The molecule has 0 spiro atoms. The van der Waals surface area contributed by atoms with E-state index in [9.17, 15) is 34.1 Å². The number of phosphoric ester groups is 1. The Morgan fingerprint density at radius 2 is 1.15 bits per heavy atom. The molecule has 0 rings (SSSR count). The van der Waals surface area contributed by atoms with Crippen LogP contribution in [0.4, 0.5) is 0 Å². The van der Waals surface area contributed by atoms with E-state index in [0.29, 0.717) is 19.3 Å². The molecule has 12 heteroatoms. The molecule has 0 aromatic heterocycles. The van der Waals surface area contributed by atoms with E-state index in [1.54, 1.807) is 6.92 Å². The molecule has 4 N–H and O–H groups in total. The fourth-order valence-corrected chi connectivity index (χ4v) is 4.40. The second-order valence-electron chi connectivity index (χ2n) is 10.6. The van der Waals surface area contributed by atoms with Crippen molar-refractivity contribution in [1.29, 1.82) is 0 Å². The zero-order valence-electron chi connectivity index (χ0n) is 28.5. The van der Waals surface area contributed by atoms with Gasteiger partial charge in [0.2, 0.25) is 5.91 Å². The van der Waals surface area contributed by atoms with Crippen LogP contribution in [0.5, 0.6) is 0 Å². The second-order valence-corrected chi connectivity index (χ2v) is 12.1. The van der Waals surface area contributed by atoms with Crippen molar-refractivity contribution in [1.82, 2.24) is 5.32 Å². The molecule has 48 heavy (non-hydrogen) atoms. The number of allylic oxidation sites excluding steroid dienone is 14. The molecule has 0 bridgehead atoms. The quantitative estimate of drug-likeness (QED) is 0.0272. The molecule has 0 aliphatic heterocycles. The highest BCUT2D eigenvalue weighted by molar-refractivity contribution is 7.47. The number of hydrogen-bond donors (Lipinski definition) is 4. The minimum absolute atomic E-state index is 0.0598. The van der Waals surface area contributed by atoms with Gasteiger partial charge in [0.05, 0.1) is 13.2 Å². The third kappa shape index (κ3) is 30.0. The van der Waals surface area contributed by atoms with E-state index in [2.05, 4.69) is 94.2 Å². The first-order chi connectivity index (χ1) is 23.1. The van der Waals surface area contributed by atoms with Gasteiger partial charge in [0, 0.05) is 12.8 Å². The molecule has 0 aliphatic carbocycles. The van der Waals surface area contributed by atoms with Gasteiger partial charge in [-0.3, -0.25) is 18.6 Å². The van der Waals surface area contributed by atoms with Gasteiger partial charge in [0.15, 0.2) is 6.04 Å². The number of carbonyl (C=O) groups excluding carboxylic acids is 2. The maximum atomic E-state index is 12.2. The molecular formula is C36H56NO10P. The van der Waals surface area contributed by atoms with Crippen LogP contribution in [0.25, 0.3) is 0 Å². The number of carbonyl (C=O) groups is 3. The number of esters is 1. The van der Waals surface area contributed by atoms with E-state index in [4.69, 9.17) is 4.74 Å². The highest BCUT2D eigenvalue weighted by Crippen LogP contribution is 2.43. The van der Waals surface area contributed by atoms with Crippen molar-refractivity contribution in [2.45, 2.75) is 103 Å². The molecule has 1 amide bonds. The van der Waals surface area contributed by atoms with E-state index in [0.717, 1.165) is 44.9 Å². The van der Waals surface area contributed by atoms with E-state index in [1.165, 1.54) is 0 Å². The Hall–Kier alpha value is -3.34. The van der Waals surface area contributed by atoms with Gasteiger partial charge in [0.25, 0.3) is 0 Å². The normalized spacial score (nSPS) is 15.1. The maximum Gasteiger partial charge on any atom is 0.472 e. The molecule has 270 valence electrons. The summed E-state index contributed by atoms with van der Waals surface area (Å²) in [6.07, 6.45) is 36.8. The lowest BCUT2D eigenvalue weighted by atomic mass is 10.2. The number of aliphatic hydroxyl groups is 1. The summed E-state index contributed by atoms with van der Waals surface area (Å²) in [5, 5.41) is 21.3. The zero-order valence-corrected chi connectivity index (χ0v) is 29.4.